The Labute approximate surface area is 132 Å². The number of methoxy groups -OCH3 is 1. The number of ether oxygens (including phenoxy) is 1. The van der Waals surface area contributed by atoms with E-state index in [0.717, 1.165) is 17.7 Å². The Morgan fingerprint density at radius 2 is 1.96 bits per heavy atom. The number of sulfonamides is 1. The monoisotopic (exact) mass is 339 g/mol. The van der Waals surface area contributed by atoms with E-state index >= 15 is 0 Å². The molecule has 0 amide bonds. The lowest BCUT2D eigenvalue weighted by molar-refractivity contribution is 0.0691. The maximum atomic E-state index is 13.8. The molecule has 0 aliphatic carbocycles. The van der Waals surface area contributed by atoms with Crippen LogP contribution in [0.5, 0.6) is 5.75 Å². The fraction of sp³-hybridized carbons (Fsp3) is 0.133. The molecule has 0 aromatic heterocycles. The normalized spacial score (nSPS) is 11.1. The van der Waals surface area contributed by atoms with Gasteiger partial charge in [0, 0.05) is 6.07 Å². The fourth-order valence-electron chi connectivity index (χ4n) is 1.95. The fourth-order valence-corrected chi connectivity index (χ4v) is 3.12. The topological polar surface area (TPSA) is 92.7 Å². The van der Waals surface area contributed by atoms with Crippen molar-refractivity contribution in [2.45, 2.75) is 11.8 Å². The van der Waals surface area contributed by atoms with Crippen molar-refractivity contribution in [3.8, 4) is 5.75 Å². The molecule has 2 rings (SSSR count). The molecule has 0 atom stereocenters. The second-order valence-corrected chi connectivity index (χ2v) is 6.44. The van der Waals surface area contributed by atoms with E-state index in [2.05, 4.69) is 4.72 Å². The average Bonchev–Trinajstić information content (AvgIpc) is 2.46. The number of hydrogen-bond acceptors (Lipinski definition) is 4. The summed E-state index contributed by atoms with van der Waals surface area (Å²) in [7, 11) is -2.74. The van der Waals surface area contributed by atoms with Gasteiger partial charge in [-0.15, -0.1) is 0 Å². The molecule has 0 saturated carbocycles. The SMILES string of the molecule is COc1cc(C(=O)O)c(F)cc1NS(=O)(=O)c1cccc(C)c1. The van der Waals surface area contributed by atoms with Crippen LogP contribution >= 0.6 is 0 Å². The van der Waals surface area contributed by atoms with Crippen molar-refractivity contribution in [1.82, 2.24) is 0 Å². The first-order valence-corrected chi connectivity index (χ1v) is 7.93. The first-order chi connectivity index (χ1) is 10.7. The van der Waals surface area contributed by atoms with Gasteiger partial charge in [0.25, 0.3) is 10.0 Å². The molecule has 0 aliphatic heterocycles. The Bertz CT molecular complexity index is 864. The molecule has 2 N–H and O–H groups in total. The summed E-state index contributed by atoms with van der Waals surface area (Å²) in [5.74, 6) is -2.64. The second-order valence-electron chi connectivity index (χ2n) is 4.76. The Kier molecular flexibility index (Phi) is 4.55. The Hall–Kier alpha value is -2.61. The van der Waals surface area contributed by atoms with Crippen LogP contribution < -0.4 is 9.46 Å². The van der Waals surface area contributed by atoms with Gasteiger partial charge in [-0.3, -0.25) is 4.72 Å². The number of nitrogens with one attached hydrogen (secondary N) is 1. The summed E-state index contributed by atoms with van der Waals surface area (Å²) in [5, 5.41) is 8.88. The number of hydrogen-bond donors (Lipinski definition) is 2. The van der Waals surface area contributed by atoms with E-state index in [0.29, 0.717) is 0 Å². The number of aryl methyl sites for hydroxylation is 1. The van der Waals surface area contributed by atoms with E-state index in [-0.39, 0.29) is 16.3 Å². The summed E-state index contributed by atoms with van der Waals surface area (Å²) >= 11 is 0. The molecule has 2 aromatic rings. The van der Waals surface area contributed by atoms with Crippen LogP contribution in [0, 0.1) is 12.7 Å². The molecule has 6 nitrogen and oxygen atoms in total. The van der Waals surface area contributed by atoms with E-state index in [1.807, 2.05) is 0 Å². The molecule has 0 fully saturated rings. The molecular formula is C15H14FNO5S. The third-order valence-corrected chi connectivity index (χ3v) is 4.43. The Morgan fingerprint density at radius 1 is 1.26 bits per heavy atom. The van der Waals surface area contributed by atoms with Crippen LogP contribution in [0.2, 0.25) is 0 Å². The smallest absolute Gasteiger partial charge is 0.338 e. The van der Waals surface area contributed by atoms with E-state index in [1.165, 1.54) is 19.2 Å². The number of carboxylic acids is 1. The molecular weight excluding hydrogens is 325 g/mol. The van der Waals surface area contributed by atoms with Crippen molar-refractivity contribution in [3.05, 3.63) is 53.3 Å². The average molecular weight is 339 g/mol. The lowest BCUT2D eigenvalue weighted by atomic mass is 10.2. The Morgan fingerprint density at radius 3 is 2.52 bits per heavy atom. The molecule has 0 heterocycles. The molecule has 122 valence electrons. The third-order valence-electron chi connectivity index (χ3n) is 3.06. The van der Waals surface area contributed by atoms with Gasteiger partial charge in [-0.25, -0.2) is 17.6 Å². The van der Waals surface area contributed by atoms with E-state index < -0.39 is 27.4 Å². The van der Waals surface area contributed by atoms with Crippen molar-refractivity contribution in [1.29, 1.82) is 0 Å². The van der Waals surface area contributed by atoms with E-state index in [4.69, 9.17) is 9.84 Å². The number of carbonyl (C=O) groups is 1. The summed E-state index contributed by atoms with van der Waals surface area (Å²) in [4.78, 5) is 10.9. The van der Waals surface area contributed by atoms with Gasteiger partial charge in [-0.1, -0.05) is 12.1 Å². The zero-order chi connectivity index (χ0) is 17.2. The van der Waals surface area contributed by atoms with Crippen molar-refractivity contribution in [2.75, 3.05) is 11.8 Å². The maximum absolute atomic E-state index is 13.8. The largest absolute Gasteiger partial charge is 0.495 e. The molecule has 8 heteroatoms. The highest BCUT2D eigenvalue weighted by atomic mass is 32.2. The highest BCUT2D eigenvalue weighted by Gasteiger charge is 2.20. The number of rotatable bonds is 5. The lowest BCUT2D eigenvalue weighted by Crippen LogP contribution is -2.14. The third kappa shape index (κ3) is 3.59. The number of benzene rings is 2. The van der Waals surface area contributed by atoms with Crippen LogP contribution in [0.4, 0.5) is 10.1 Å². The first kappa shape index (κ1) is 16.8. The summed E-state index contributed by atoms with van der Waals surface area (Å²) < 4.78 is 45.6. The quantitative estimate of drug-likeness (QED) is 0.873. The van der Waals surface area contributed by atoms with Gasteiger partial charge in [0.1, 0.15) is 11.6 Å². The summed E-state index contributed by atoms with van der Waals surface area (Å²) in [6, 6.07) is 7.86. The van der Waals surface area contributed by atoms with Crippen molar-refractivity contribution < 1.29 is 27.4 Å². The van der Waals surface area contributed by atoms with Crippen LogP contribution in [-0.2, 0) is 10.0 Å². The van der Waals surface area contributed by atoms with Crippen LogP contribution in [-0.4, -0.2) is 26.6 Å². The minimum absolute atomic E-state index is 0.00210. The van der Waals surface area contributed by atoms with Gasteiger partial charge in [0.2, 0.25) is 0 Å². The molecule has 0 bridgehead atoms. The van der Waals surface area contributed by atoms with Gasteiger partial charge < -0.3 is 9.84 Å². The molecule has 23 heavy (non-hydrogen) atoms. The van der Waals surface area contributed by atoms with E-state index in [1.54, 1.807) is 19.1 Å². The molecule has 0 unspecified atom stereocenters. The van der Waals surface area contributed by atoms with E-state index in [9.17, 15) is 17.6 Å². The Balaban J connectivity index is 2.47. The lowest BCUT2D eigenvalue weighted by Gasteiger charge is -2.13. The van der Waals surface area contributed by atoms with Gasteiger partial charge in [0.05, 0.1) is 23.3 Å². The number of halogens is 1. The first-order valence-electron chi connectivity index (χ1n) is 6.45. The summed E-state index contributed by atoms with van der Waals surface area (Å²) in [6.45, 7) is 1.74. The number of aromatic carboxylic acids is 1. The van der Waals surface area contributed by atoms with Crippen LogP contribution in [0.1, 0.15) is 15.9 Å². The molecule has 0 spiro atoms. The maximum Gasteiger partial charge on any atom is 0.338 e. The van der Waals surface area contributed by atoms with Gasteiger partial charge in [-0.2, -0.15) is 0 Å². The zero-order valence-corrected chi connectivity index (χ0v) is 13.1. The van der Waals surface area contributed by atoms with Crippen molar-refractivity contribution in [2.24, 2.45) is 0 Å². The predicted octanol–water partition coefficient (Wildman–Crippen LogP) is 2.64. The van der Waals surface area contributed by atoms with Crippen LogP contribution in [0.15, 0.2) is 41.3 Å². The molecule has 0 saturated heterocycles. The second kappa shape index (κ2) is 6.25. The minimum Gasteiger partial charge on any atom is -0.495 e. The summed E-state index contributed by atoms with van der Waals surface area (Å²) in [5.41, 5.74) is -0.0518. The zero-order valence-electron chi connectivity index (χ0n) is 12.3. The predicted molar refractivity (Wildman–Crippen MR) is 81.9 cm³/mol. The molecule has 2 aromatic carbocycles. The van der Waals surface area contributed by atoms with Gasteiger partial charge >= 0.3 is 5.97 Å². The van der Waals surface area contributed by atoms with Gasteiger partial charge in [-0.05, 0) is 30.7 Å². The number of anilines is 1. The molecule has 0 aliphatic rings. The van der Waals surface area contributed by atoms with Crippen LogP contribution in [0.25, 0.3) is 0 Å². The highest BCUT2D eigenvalue weighted by molar-refractivity contribution is 7.92. The summed E-state index contributed by atoms with van der Waals surface area (Å²) in [6.07, 6.45) is 0. The standard InChI is InChI=1S/C15H14FNO5S/c1-9-4-3-5-10(6-9)23(20,21)17-13-8-12(16)11(15(18)19)7-14(13)22-2/h3-8,17H,1-2H3,(H,18,19). The van der Waals surface area contributed by atoms with Crippen molar-refractivity contribution >= 4 is 21.7 Å². The van der Waals surface area contributed by atoms with Crippen LogP contribution in [0.3, 0.4) is 0 Å². The van der Waals surface area contributed by atoms with Crippen molar-refractivity contribution in [3.63, 3.8) is 0 Å². The highest BCUT2D eigenvalue weighted by Crippen LogP contribution is 2.30. The minimum atomic E-state index is -3.96. The van der Waals surface area contributed by atoms with Gasteiger partial charge in [0.15, 0.2) is 0 Å². The molecule has 0 radical (unpaired) electrons. The number of carboxylic acid groups (broad SMARTS) is 1.